The number of sulfonamides is 1. The quantitative estimate of drug-likeness (QED) is 0.586. The van der Waals surface area contributed by atoms with Gasteiger partial charge in [0, 0.05) is 38.3 Å². The van der Waals surface area contributed by atoms with Gasteiger partial charge in [0.25, 0.3) is 5.69 Å². The van der Waals surface area contributed by atoms with E-state index in [0.717, 1.165) is 28.6 Å². The molecule has 2 rings (SSSR count). The Labute approximate surface area is 134 Å². The number of halogens is 3. The van der Waals surface area contributed by atoms with Gasteiger partial charge in [0.15, 0.2) is 0 Å². The molecule has 12 heteroatoms. The van der Waals surface area contributed by atoms with Crippen molar-refractivity contribution < 1.29 is 31.3 Å². The second-order valence-electron chi connectivity index (χ2n) is 4.95. The molecule has 0 atom stereocenters. The maximum Gasteiger partial charge on any atom is 0.471 e. The van der Waals surface area contributed by atoms with E-state index in [0.29, 0.717) is 4.90 Å². The van der Waals surface area contributed by atoms with E-state index in [2.05, 4.69) is 0 Å². The fraction of sp³-hybridized carbons (Fsp3) is 0.417. The van der Waals surface area contributed by atoms with Crippen LogP contribution in [0.2, 0.25) is 0 Å². The van der Waals surface area contributed by atoms with Gasteiger partial charge in [0.2, 0.25) is 10.0 Å². The largest absolute Gasteiger partial charge is 0.471 e. The van der Waals surface area contributed by atoms with Crippen molar-refractivity contribution >= 4 is 21.6 Å². The Hall–Kier alpha value is -2.21. The average molecular weight is 367 g/mol. The number of nitro groups is 1. The summed E-state index contributed by atoms with van der Waals surface area (Å²) in [5, 5.41) is 10.6. The standard InChI is InChI=1S/C12H12F3N3O5S/c13-12(14,15)11(19)16-5-7-17(8-6-16)24(22,23)10-3-1-9(2-4-10)18(20)21/h1-4H,5-8H2. The number of nitrogens with zero attached hydrogens (tertiary/aromatic N) is 3. The molecule has 0 N–H and O–H groups in total. The van der Waals surface area contributed by atoms with Gasteiger partial charge < -0.3 is 4.90 Å². The van der Waals surface area contributed by atoms with Gasteiger partial charge in [-0.25, -0.2) is 8.42 Å². The Bertz CT molecular complexity index is 740. The first-order valence-corrected chi connectivity index (χ1v) is 8.08. The lowest BCUT2D eigenvalue weighted by Gasteiger charge is -2.34. The molecule has 0 aromatic heterocycles. The molecular formula is C12H12F3N3O5S. The van der Waals surface area contributed by atoms with Gasteiger partial charge in [-0.1, -0.05) is 0 Å². The van der Waals surface area contributed by atoms with Crippen molar-refractivity contribution in [3.8, 4) is 0 Å². The van der Waals surface area contributed by atoms with Crippen molar-refractivity contribution in [2.24, 2.45) is 0 Å². The predicted molar refractivity (Wildman–Crippen MR) is 74.5 cm³/mol. The van der Waals surface area contributed by atoms with Gasteiger partial charge in [-0.2, -0.15) is 17.5 Å². The third-order valence-electron chi connectivity index (χ3n) is 3.45. The van der Waals surface area contributed by atoms with Gasteiger partial charge in [0.1, 0.15) is 0 Å². The van der Waals surface area contributed by atoms with Crippen molar-refractivity contribution in [2.75, 3.05) is 26.2 Å². The molecule has 1 aliphatic heterocycles. The SMILES string of the molecule is O=C(N1CCN(S(=O)(=O)c2ccc([N+](=O)[O-])cc2)CC1)C(F)(F)F. The maximum atomic E-state index is 12.4. The first kappa shape index (κ1) is 18.1. The van der Waals surface area contributed by atoms with Crippen molar-refractivity contribution in [3.05, 3.63) is 34.4 Å². The van der Waals surface area contributed by atoms with Gasteiger partial charge in [-0.05, 0) is 12.1 Å². The monoisotopic (exact) mass is 367 g/mol. The van der Waals surface area contributed by atoms with E-state index in [1.54, 1.807) is 0 Å². The van der Waals surface area contributed by atoms with E-state index in [4.69, 9.17) is 0 Å². The molecule has 132 valence electrons. The summed E-state index contributed by atoms with van der Waals surface area (Å²) in [6, 6.07) is 4.16. The van der Waals surface area contributed by atoms with Crippen molar-refractivity contribution in [1.82, 2.24) is 9.21 Å². The lowest BCUT2D eigenvalue weighted by Crippen LogP contribution is -2.53. The smallest absolute Gasteiger partial charge is 0.332 e. The van der Waals surface area contributed by atoms with Gasteiger partial charge in [-0.15, -0.1) is 0 Å². The second-order valence-corrected chi connectivity index (χ2v) is 6.88. The molecule has 1 aromatic rings. The molecule has 0 aliphatic carbocycles. The molecule has 0 bridgehead atoms. The molecular weight excluding hydrogens is 355 g/mol. The summed E-state index contributed by atoms with van der Waals surface area (Å²) in [6.45, 7) is -1.35. The summed E-state index contributed by atoms with van der Waals surface area (Å²) in [5.41, 5.74) is -0.283. The summed E-state index contributed by atoms with van der Waals surface area (Å²) in [4.78, 5) is 21.3. The minimum absolute atomic E-state index is 0.205. The maximum absolute atomic E-state index is 12.4. The van der Waals surface area contributed by atoms with Gasteiger partial charge >= 0.3 is 12.1 Å². The van der Waals surface area contributed by atoms with Crippen LogP contribution in [-0.4, -0.2) is 60.8 Å². The van der Waals surface area contributed by atoms with Crippen LogP contribution in [0, 0.1) is 10.1 Å². The molecule has 0 radical (unpaired) electrons. The van der Waals surface area contributed by atoms with Crippen LogP contribution in [0.3, 0.4) is 0 Å². The topological polar surface area (TPSA) is 101 Å². The molecule has 1 heterocycles. The summed E-state index contributed by atoms with van der Waals surface area (Å²) < 4.78 is 62.7. The normalized spacial score (nSPS) is 16.9. The van der Waals surface area contributed by atoms with Crippen LogP contribution in [0.15, 0.2) is 29.2 Å². The van der Waals surface area contributed by atoms with E-state index in [1.165, 1.54) is 0 Å². The number of carbonyl (C=O) groups excluding carboxylic acids is 1. The number of carbonyl (C=O) groups is 1. The third kappa shape index (κ3) is 3.64. The first-order chi connectivity index (χ1) is 11.0. The number of amides is 1. The summed E-state index contributed by atoms with van der Waals surface area (Å²) in [7, 11) is -4.00. The zero-order chi connectivity index (χ0) is 18.1. The fourth-order valence-corrected chi connectivity index (χ4v) is 3.62. The van der Waals surface area contributed by atoms with Crippen LogP contribution in [0.4, 0.5) is 18.9 Å². The second kappa shape index (κ2) is 6.36. The number of non-ortho nitro benzene ring substituents is 1. The molecule has 24 heavy (non-hydrogen) atoms. The number of rotatable bonds is 3. The van der Waals surface area contributed by atoms with Crippen LogP contribution >= 0.6 is 0 Å². The Morgan fingerprint density at radius 1 is 1.08 bits per heavy atom. The number of hydrogen-bond donors (Lipinski definition) is 0. The van der Waals surface area contributed by atoms with Crippen LogP contribution in [0.1, 0.15) is 0 Å². The minimum Gasteiger partial charge on any atom is -0.332 e. The Balaban J connectivity index is 2.10. The van der Waals surface area contributed by atoms with E-state index in [-0.39, 0.29) is 36.8 Å². The van der Waals surface area contributed by atoms with E-state index >= 15 is 0 Å². The molecule has 1 amide bonds. The van der Waals surface area contributed by atoms with E-state index in [1.807, 2.05) is 0 Å². The number of nitro benzene ring substituents is 1. The molecule has 0 saturated carbocycles. The number of hydrogen-bond acceptors (Lipinski definition) is 5. The molecule has 0 spiro atoms. The van der Waals surface area contributed by atoms with Crippen LogP contribution in [0.25, 0.3) is 0 Å². The summed E-state index contributed by atoms with van der Waals surface area (Å²) in [5.74, 6) is -2.00. The third-order valence-corrected chi connectivity index (χ3v) is 5.37. The van der Waals surface area contributed by atoms with E-state index in [9.17, 15) is 36.5 Å². The average Bonchev–Trinajstić information content (AvgIpc) is 2.53. The molecule has 1 saturated heterocycles. The number of benzene rings is 1. The van der Waals surface area contributed by atoms with Crippen LogP contribution in [-0.2, 0) is 14.8 Å². The van der Waals surface area contributed by atoms with Crippen molar-refractivity contribution in [2.45, 2.75) is 11.1 Å². The predicted octanol–water partition coefficient (Wildman–Crippen LogP) is 0.990. The number of alkyl halides is 3. The lowest BCUT2D eigenvalue weighted by molar-refractivity contribution is -0.384. The Kier molecular flexibility index (Phi) is 4.80. The van der Waals surface area contributed by atoms with Gasteiger partial charge in [-0.3, -0.25) is 14.9 Å². The molecule has 1 fully saturated rings. The summed E-state index contributed by atoms with van der Waals surface area (Å²) in [6.07, 6.45) is -5.00. The molecule has 1 aliphatic rings. The van der Waals surface area contributed by atoms with Crippen LogP contribution in [0.5, 0.6) is 0 Å². The van der Waals surface area contributed by atoms with Crippen LogP contribution < -0.4 is 0 Å². The highest BCUT2D eigenvalue weighted by atomic mass is 32.2. The van der Waals surface area contributed by atoms with Crippen molar-refractivity contribution in [3.63, 3.8) is 0 Å². The number of piperazine rings is 1. The van der Waals surface area contributed by atoms with Crippen molar-refractivity contribution in [1.29, 1.82) is 0 Å². The lowest BCUT2D eigenvalue weighted by atomic mass is 10.3. The van der Waals surface area contributed by atoms with E-state index < -0.39 is 27.0 Å². The fourth-order valence-electron chi connectivity index (χ4n) is 2.20. The zero-order valence-electron chi connectivity index (χ0n) is 12.1. The minimum atomic E-state index is -5.00. The summed E-state index contributed by atoms with van der Waals surface area (Å²) >= 11 is 0. The Morgan fingerprint density at radius 2 is 1.58 bits per heavy atom. The molecule has 0 unspecified atom stereocenters. The molecule has 1 aromatic carbocycles. The highest BCUT2D eigenvalue weighted by Crippen LogP contribution is 2.23. The highest BCUT2D eigenvalue weighted by Gasteiger charge is 2.44. The Morgan fingerprint density at radius 3 is 2.00 bits per heavy atom. The molecule has 8 nitrogen and oxygen atoms in total. The zero-order valence-corrected chi connectivity index (χ0v) is 12.9. The highest BCUT2D eigenvalue weighted by molar-refractivity contribution is 7.89. The van der Waals surface area contributed by atoms with Gasteiger partial charge in [0.05, 0.1) is 9.82 Å². The first-order valence-electron chi connectivity index (χ1n) is 6.64.